The van der Waals surface area contributed by atoms with Crippen LogP contribution in [0.1, 0.15) is 19.3 Å². The van der Waals surface area contributed by atoms with Crippen molar-refractivity contribution in [2.75, 3.05) is 13.2 Å². The molecule has 0 radical (unpaired) electrons. The molecule has 11 heavy (non-hydrogen) atoms. The minimum absolute atomic E-state index is 0.0613. The lowest BCUT2D eigenvalue weighted by Crippen LogP contribution is -2.50. The van der Waals surface area contributed by atoms with Gasteiger partial charge in [-0.2, -0.15) is 0 Å². The van der Waals surface area contributed by atoms with Crippen LogP contribution in [-0.4, -0.2) is 30.0 Å². The average molecular weight is 159 g/mol. The van der Waals surface area contributed by atoms with Crippen LogP contribution in [0, 0.1) is 5.92 Å². The smallest absolute Gasteiger partial charge is 0.0941 e. The minimum atomic E-state index is -0.332. The lowest BCUT2D eigenvalue weighted by atomic mass is 9.88. The van der Waals surface area contributed by atoms with E-state index in [1.165, 1.54) is 0 Å². The first-order valence-electron chi connectivity index (χ1n) is 4.26. The van der Waals surface area contributed by atoms with Crippen molar-refractivity contribution in [2.24, 2.45) is 5.92 Å². The lowest BCUT2D eigenvalue weighted by molar-refractivity contribution is 0.0714. The number of hydrogen-bond acceptors (Lipinski definition) is 2. The fourth-order valence-corrected chi connectivity index (χ4v) is 2.03. The van der Waals surface area contributed by atoms with Gasteiger partial charge < -0.3 is 10.4 Å². The van der Waals surface area contributed by atoms with Crippen LogP contribution in [0.25, 0.3) is 0 Å². The first kappa shape index (κ1) is 7.50. The molecule has 2 unspecified atom stereocenters. The maximum absolute atomic E-state index is 12.4. The predicted molar refractivity (Wildman–Crippen MR) is 40.1 cm³/mol. The van der Waals surface area contributed by atoms with Crippen LogP contribution < -0.4 is 5.32 Å². The Hall–Kier alpha value is -0.150. The van der Waals surface area contributed by atoms with E-state index in [9.17, 15) is 9.50 Å². The van der Waals surface area contributed by atoms with Gasteiger partial charge in [0, 0.05) is 18.0 Å². The van der Waals surface area contributed by atoms with Crippen LogP contribution in [-0.2, 0) is 0 Å². The Bertz CT molecular complexity index is 158. The van der Waals surface area contributed by atoms with Crippen LogP contribution in [0.2, 0.25) is 0 Å². The molecule has 2 fully saturated rings. The zero-order valence-corrected chi connectivity index (χ0v) is 6.52. The minimum Gasteiger partial charge on any atom is -0.392 e. The van der Waals surface area contributed by atoms with Gasteiger partial charge in [-0.1, -0.05) is 0 Å². The molecule has 1 saturated carbocycles. The Morgan fingerprint density at radius 1 is 1.55 bits per heavy atom. The number of alkyl halides is 1. The number of halogens is 1. The Kier molecular flexibility index (Phi) is 1.65. The van der Waals surface area contributed by atoms with Gasteiger partial charge in [0.05, 0.1) is 12.8 Å². The van der Waals surface area contributed by atoms with Crippen molar-refractivity contribution in [1.82, 2.24) is 5.32 Å². The van der Waals surface area contributed by atoms with Gasteiger partial charge >= 0.3 is 0 Å². The summed E-state index contributed by atoms with van der Waals surface area (Å²) in [5, 5.41) is 12.5. The molecule has 2 nitrogen and oxygen atoms in total. The highest BCUT2D eigenvalue weighted by Gasteiger charge is 2.51. The summed E-state index contributed by atoms with van der Waals surface area (Å²) in [6.45, 7) is 0.362. The molecule has 1 heterocycles. The van der Waals surface area contributed by atoms with E-state index in [1.54, 1.807) is 0 Å². The molecule has 2 rings (SSSR count). The molecule has 3 heteroatoms. The van der Waals surface area contributed by atoms with Crippen molar-refractivity contribution in [3.05, 3.63) is 0 Å². The van der Waals surface area contributed by atoms with Crippen molar-refractivity contribution in [2.45, 2.75) is 30.9 Å². The Balaban J connectivity index is 2.01. The van der Waals surface area contributed by atoms with E-state index in [1.807, 2.05) is 0 Å². The molecular formula is C8H14FNO. The molecule has 2 atom stereocenters. The van der Waals surface area contributed by atoms with E-state index in [2.05, 4.69) is 5.32 Å². The normalized spacial score (nSPS) is 40.9. The number of β-amino-alcohol motifs (C(OH)–C–C–N with tert-alkyl or cyclic N) is 1. The second-order valence-corrected chi connectivity index (χ2v) is 3.78. The van der Waals surface area contributed by atoms with Crippen molar-refractivity contribution in [3.8, 4) is 0 Å². The van der Waals surface area contributed by atoms with E-state index in [0.717, 1.165) is 12.8 Å². The summed E-state index contributed by atoms with van der Waals surface area (Å²) in [4.78, 5) is 0. The topological polar surface area (TPSA) is 32.3 Å². The SMILES string of the molecule is OC1CNC2(CC2)C(CF)C1. The van der Waals surface area contributed by atoms with Gasteiger partial charge in [-0.25, -0.2) is 0 Å². The van der Waals surface area contributed by atoms with E-state index in [-0.39, 0.29) is 24.2 Å². The van der Waals surface area contributed by atoms with Gasteiger partial charge in [0.25, 0.3) is 0 Å². The van der Waals surface area contributed by atoms with E-state index in [4.69, 9.17) is 0 Å². The van der Waals surface area contributed by atoms with Crippen LogP contribution in [0.4, 0.5) is 4.39 Å². The monoisotopic (exact) mass is 159 g/mol. The highest BCUT2D eigenvalue weighted by atomic mass is 19.1. The summed E-state index contributed by atoms with van der Waals surface area (Å²) >= 11 is 0. The quantitative estimate of drug-likeness (QED) is 0.582. The first-order chi connectivity index (χ1) is 5.27. The number of aliphatic hydroxyl groups excluding tert-OH is 1. The molecule has 1 aliphatic carbocycles. The summed E-state index contributed by atoms with van der Waals surface area (Å²) < 4.78 is 12.4. The number of aliphatic hydroxyl groups is 1. The van der Waals surface area contributed by atoms with Crippen LogP contribution in [0.5, 0.6) is 0 Å². The van der Waals surface area contributed by atoms with Crippen LogP contribution >= 0.6 is 0 Å². The second-order valence-electron chi connectivity index (χ2n) is 3.78. The zero-order valence-electron chi connectivity index (χ0n) is 6.52. The van der Waals surface area contributed by atoms with Gasteiger partial charge in [-0.3, -0.25) is 4.39 Å². The van der Waals surface area contributed by atoms with Crippen LogP contribution in [0.15, 0.2) is 0 Å². The van der Waals surface area contributed by atoms with Gasteiger partial charge in [-0.15, -0.1) is 0 Å². The molecule has 1 saturated heterocycles. The number of rotatable bonds is 1. The Morgan fingerprint density at radius 2 is 2.27 bits per heavy atom. The third-order valence-corrected chi connectivity index (χ3v) is 3.00. The maximum Gasteiger partial charge on any atom is 0.0941 e. The Labute approximate surface area is 65.8 Å². The van der Waals surface area contributed by atoms with Gasteiger partial charge in [-0.05, 0) is 19.3 Å². The van der Waals surface area contributed by atoms with Crippen LogP contribution in [0.3, 0.4) is 0 Å². The molecule has 2 aliphatic rings. The standard InChI is InChI=1S/C8H14FNO/c9-4-6-3-7(11)5-10-8(6)1-2-8/h6-7,10-11H,1-5H2. The average Bonchev–Trinajstić information content (AvgIpc) is 2.76. The van der Waals surface area contributed by atoms with Crippen molar-refractivity contribution >= 4 is 0 Å². The molecular weight excluding hydrogens is 145 g/mol. The zero-order chi connectivity index (χ0) is 7.90. The highest BCUT2D eigenvalue weighted by Crippen LogP contribution is 2.46. The summed E-state index contributed by atoms with van der Waals surface area (Å²) in [5.74, 6) is 0.0613. The van der Waals surface area contributed by atoms with Crippen molar-refractivity contribution < 1.29 is 9.50 Å². The summed E-state index contributed by atoms with van der Waals surface area (Å²) in [5.41, 5.74) is 0.0913. The fraction of sp³-hybridized carbons (Fsp3) is 1.00. The van der Waals surface area contributed by atoms with Gasteiger partial charge in [0.15, 0.2) is 0 Å². The van der Waals surface area contributed by atoms with E-state index < -0.39 is 0 Å². The predicted octanol–water partition coefficient (Wildman–Crippen LogP) is 0.459. The molecule has 64 valence electrons. The maximum atomic E-state index is 12.4. The molecule has 1 spiro atoms. The molecule has 0 aromatic carbocycles. The van der Waals surface area contributed by atoms with Crippen molar-refractivity contribution in [1.29, 1.82) is 0 Å². The summed E-state index contributed by atoms with van der Waals surface area (Å²) in [7, 11) is 0. The number of nitrogens with one attached hydrogen (secondary N) is 1. The van der Waals surface area contributed by atoms with Gasteiger partial charge in [0.1, 0.15) is 0 Å². The largest absolute Gasteiger partial charge is 0.392 e. The number of piperidine rings is 1. The summed E-state index contributed by atoms with van der Waals surface area (Å²) in [6.07, 6.45) is 2.49. The molecule has 0 aromatic rings. The molecule has 0 amide bonds. The summed E-state index contributed by atoms with van der Waals surface area (Å²) in [6, 6.07) is 0. The van der Waals surface area contributed by atoms with E-state index in [0.29, 0.717) is 13.0 Å². The third-order valence-electron chi connectivity index (χ3n) is 3.00. The van der Waals surface area contributed by atoms with Gasteiger partial charge in [0.2, 0.25) is 0 Å². The lowest BCUT2D eigenvalue weighted by Gasteiger charge is -2.33. The highest BCUT2D eigenvalue weighted by molar-refractivity contribution is 5.09. The first-order valence-corrected chi connectivity index (χ1v) is 4.26. The fourth-order valence-electron chi connectivity index (χ4n) is 2.03. The third kappa shape index (κ3) is 1.16. The van der Waals surface area contributed by atoms with Crippen molar-refractivity contribution in [3.63, 3.8) is 0 Å². The molecule has 0 aromatic heterocycles. The Morgan fingerprint density at radius 3 is 2.82 bits per heavy atom. The molecule has 1 aliphatic heterocycles. The molecule has 0 bridgehead atoms. The molecule has 2 N–H and O–H groups in total. The van der Waals surface area contributed by atoms with E-state index >= 15 is 0 Å². The number of hydrogen-bond donors (Lipinski definition) is 2. The second kappa shape index (κ2) is 2.42.